The molecule has 3 heterocycles. The van der Waals surface area contributed by atoms with Gasteiger partial charge in [-0.05, 0) is 56.0 Å². The Labute approximate surface area is 261 Å². The quantitative estimate of drug-likeness (QED) is 0.274. The maximum absolute atomic E-state index is 13.7. The second-order valence-electron chi connectivity index (χ2n) is 11.7. The summed E-state index contributed by atoms with van der Waals surface area (Å²) in [6, 6.07) is 7.66. The highest BCUT2D eigenvalue weighted by atomic mass is 19.4. The first-order valence-electron chi connectivity index (χ1n) is 15.1. The number of esters is 1. The number of amides is 2. The normalized spacial score (nSPS) is 18.6. The number of para-hydroxylation sites is 1. The molecule has 1 N–H and O–H groups in total. The van der Waals surface area contributed by atoms with E-state index in [1.54, 1.807) is 18.0 Å². The highest BCUT2D eigenvalue weighted by Gasteiger charge is 2.40. The van der Waals surface area contributed by atoms with Crippen LogP contribution in [0, 0.1) is 5.92 Å². The number of carbonyl (C=O) groups is 3. The first-order chi connectivity index (χ1) is 21.7. The van der Waals surface area contributed by atoms with Gasteiger partial charge >= 0.3 is 18.3 Å². The predicted octanol–water partition coefficient (Wildman–Crippen LogP) is 5.38. The maximum Gasteiger partial charge on any atom is 0.416 e. The Hall–Kier alpha value is -4.07. The van der Waals surface area contributed by atoms with Gasteiger partial charge in [0.1, 0.15) is 0 Å². The second-order valence-corrected chi connectivity index (χ2v) is 11.7. The van der Waals surface area contributed by atoms with Crippen LogP contribution < -0.4 is 0 Å². The Morgan fingerprint density at radius 1 is 0.913 bits per heavy atom. The van der Waals surface area contributed by atoms with Crippen molar-refractivity contribution in [1.29, 1.82) is 0 Å². The van der Waals surface area contributed by atoms with Crippen LogP contribution >= 0.6 is 0 Å². The number of carbonyl (C=O) groups excluding carboxylic acids is 3. The molecule has 8 nitrogen and oxygen atoms in total. The number of benzene rings is 2. The second kappa shape index (κ2) is 13.3. The number of aromatic amines is 1. The fourth-order valence-electron chi connectivity index (χ4n) is 6.22. The summed E-state index contributed by atoms with van der Waals surface area (Å²) in [5.41, 5.74) is -2.19. The smallest absolute Gasteiger partial charge is 0.416 e. The molecular formula is C32H34F6N4O4. The third-order valence-electron chi connectivity index (χ3n) is 8.62. The molecule has 0 radical (unpaired) electrons. The van der Waals surface area contributed by atoms with E-state index in [4.69, 9.17) is 4.74 Å². The van der Waals surface area contributed by atoms with Gasteiger partial charge in [0.05, 0.1) is 30.2 Å². The zero-order chi connectivity index (χ0) is 33.2. The zero-order valence-electron chi connectivity index (χ0n) is 25.1. The molecule has 2 aromatic carbocycles. The highest BCUT2D eigenvalue weighted by molar-refractivity contribution is 5.95. The Bertz CT molecular complexity index is 1550. The van der Waals surface area contributed by atoms with Gasteiger partial charge in [-0.3, -0.25) is 19.3 Å². The van der Waals surface area contributed by atoms with Gasteiger partial charge in [0.2, 0.25) is 5.91 Å². The number of alkyl halides is 6. The number of aromatic nitrogens is 1. The fourth-order valence-corrected chi connectivity index (χ4v) is 6.22. The number of piperidine rings is 1. The van der Waals surface area contributed by atoms with E-state index >= 15 is 0 Å². The van der Waals surface area contributed by atoms with Gasteiger partial charge in [-0.25, -0.2) is 0 Å². The van der Waals surface area contributed by atoms with Gasteiger partial charge in [-0.2, -0.15) is 26.3 Å². The molecule has 2 saturated heterocycles. The molecule has 0 saturated carbocycles. The van der Waals surface area contributed by atoms with E-state index in [-0.39, 0.29) is 63.1 Å². The van der Waals surface area contributed by atoms with Crippen molar-refractivity contribution in [3.05, 3.63) is 70.9 Å². The average Bonchev–Trinajstić information content (AvgIpc) is 3.42. The molecule has 14 heteroatoms. The van der Waals surface area contributed by atoms with Crippen LogP contribution in [-0.4, -0.2) is 89.4 Å². The van der Waals surface area contributed by atoms with Crippen molar-refractivity contribution in [3.8, 4) is 0 Å². The number of H-pyrrole nitrogens is 1. The molecule has 1 aromatic heterocycles. The van der Waals surface area contributed by atoms with Crippen LogP contribution in [0.15, 0.2) is 48.7 Å². The Kier molecular flexibility index (Phi) is 9.66. The lowest BCUT2D eigenvalue weighted by Crippen LogP contribution is -2.58. The minimum Gasteiger partial charge on any atom is -0.466 e. The van der Waals surface area contributed by atoms with Crippen LogP contribution in [0.25, 0.3) is 10.9 Å². The number of halogens is 6. The van der Waals surface area contributed by atoms with Gasteiger partial charge < -0.3 is 19.5 Å². The Morgan fingerprint density at radius 3 is 2.20 bits per heavy atom. The minimum atomic E-state index is -5.09. The van der Waals surface area contributed by atoms with E-state index in [0.717, 1.165) is 16.5 Å². The lowest BCUT2D eigenvalue weighted by Gasteiger charge is -2.42. The van der Waals surface area contributed by atoms with Crippen molar-refractivity contribution in [2.24, 2.45) is 5.92 Å². The summed E-state index contributed by atoms with van der Waals surface area (Å²) in [6.45, 7) is 3.14. The number of hydrogen-bond acceptors (Lipinski definition) is 5. The number of rotatable bonds is 7. The molecule has 0 bridgehead atoms. The molecule has 2 fully saturated rings. The van der Waals surface area contributed by atoms with Crippen LogP contribution in [0.2, 0.25) is 0 Å². The predicted molar refractivity (Wildman–Crippen MR) is 156 cm³/mol. The Balaban J connectivity index is 1.37. The van der Waals surface area contributed by atoms with E-state index in [2.05, 4.69) is 4.98 Å². The van der Waals surface area contributed by atoms with Gasteiger partial charge in [-0.15, -0.1) is 0 Å². The average molecular weight is 653 g/mol. The van der Waals surface area contributed by atoms with E-state index in [0.29, 0.717) is 38.1 Å². The van der Waals surface area contributed by atoms with Crippen molar-refractivity contribution in [1.82, 2.24) is 19.7 Å². The molecule has 46 heavy (non-hydrogen) atoms. The number of nitrogens with zero attached hydrogens (tertiary/aromatic N) is 3. The van der Waals surface area contributed by atoms with Crippen molar-refractivity contribution >= 4 is 28.7 Å². The molecule has 0 aliphatic carbocycles. The summed E-state index contributed by atoms with van der Waals surface area (Å²) < 4.78 is 86.6. The molecule has 2 amide bonds. The van der Waals surface area contributed by atoms with E-state index in [9.17, 15) is 40.7 Å². The van der Waals surface area contributed by atoms with E-state index in [1.807, 2.05) is 29.2 Å². The summed E-state index contributed by atoms with van der Waals surface area (Å²) in [5, 5.41) is 0.867. The first-order valence-corrected chi connectivity index (χ1v) is 15.1. The first kappa shape index (κ1) is 33.3. The van der Waals surface area contributed by atoms with Crippen LogP contribution in [0.4, 0.5) is 26.3 Å². The number of fused-ring (bicyclic) bond motifs is 1. The number of piperazine rings is 1. The Morgan fingerprint density at radius 2 is 1.57 bits per heavy atom. The molecule has 0 unspecified atom stereocenters. The molecule has 2 aliphatic rings. The molecule has 248 valence electrons. The van der Waals surface area contributed by atoms with Crippen LogP contribution in [-0.2, 0) is 33.1 Å². The van der Waals surface area contributed by atoms with Gasteiger partial charge in [0, 0.05) is 61.4 Å². The zero-order valence-corrected chi connectivity index (χ0v) is 25.1. The number of hydrogen-bond donors (Lipinski definition) is 1. The van der Waals surface area contributed by atoms with Crippen LogP contribution in [0.1, 0.15) is 46.8 Å². The van der Waals surface area contributed by atoms with E-state index < -0.39 is 41.0 Å². The maximum atomic E-state index is 13.7. The van der Waals surface area contributed by atoms with Crippen LogP contribution in [0.3, 0.4) is 0 Å². The molecule has 1 atom stereocenters. The summed E-state index contributed by atoms with van der Waals surface area (Å²) in [6.07, 6.45) is -7.22. The third kappa shape index (κ3) is 7.48. The third-order valence-corrected chi connectivity index (χ3v) is 8.62. The van der Waals surface area contributed by atoms with Gasteiger partial charge in [0.15, 0.2) is 0 Å². The summed E-state index contributed by atoms with van der Waals surface area (Å²) >= 11 is 0. The van der Waals surface area contributed by atoms with Crippen molar-refractivity contribution in [3.63, 3.8) is 0 Å². The highest BCUT2D eigenvalue weighted by Crippen LogP contribution is 2.37. The number of ether oxygens (including phenoxy) is 1. The van der Waals surface area contributed by atoms with Crippen molar-refractivity contribution in [2.75, 3.05) is 45.9 Å². The largest absolute Gasteiger partial charge is 0.466 e. The lowest BCUT2D eigenvalue weighted by atomic mass is 9.97. The fraction of sp³-hybridized carbons (Fsp3) is 0.469. The van der Waals surface area contributed by atoms with Gasteiger partial charge in [0.25, 0.3) is 5.91 Å². The molecule has 5 rings (SSSR count). The topological polar surface area (TPSA) is 85.9 Å². The van der Waals surface area contributed by atoms with Crippen LogP contribution in [0.5, 0.6) is 0 Å². The summed E-state index contributed by atoms with van der Waals surface area (Å²) in [7, 11) is 0. The summed E-state index contributed by atoms with van der Waals surface area (Å²) in [4.78, 5) is 47.0. The summed E-state index contributed by atoms with van der Waals surface area (Å²) in [5.74, 6) is -1.67. The molecular weight excluding hydrogens is 618 g/mol. The monoisotopic (exact) mass is 652 g/mol. The van der Waals surface area contributed by atoms with Crippen molar-refractivity contribution < 1.29 is 45.5 Å². The lowest BCUT2D eigenvalue weighted by molar-refractivity contribution is -0.151. The van der Waals surface area contributed by atoms with Gasteiger partial charge in [-0.1, -0.05) is 18.2 Å². The molecule has 3 aromatic rings. The minimum absolute atomic E-state index is 0.000702. The molecule has 2 aliphatic heterocycles. The SMILES string of the molecule is CCOC(=O)C1CCN(C(=O)CN2CCN(C(=O)c3cc(C(F)(F)F)cc(C(F)(F)F)c3)[C@H](Cc3c[nH]c4ccccc34)C2)CC1. The number of nitrogens with one attached hydrogen (secondary N) is 1. The number of likely N-dealkylation sites (tertiary alicyclic amines) is 1. The standard InChI is InChI=1S/C32H34F6N4O4/c1-2-46-30(45)20-7-9-41(10-8-20)28(43)19-40-11-12-42(25(18-40)15-22-17-39-27-6-4-3-5-26(22)27)29(44)21-13-23(31(33,34)35)16-24(14-21)32(36,37)38/h3-6,13-14,16-17,20,25,39H,2,7-12,15,18-19H2,1H3/t25-/m1/s1. The molecule has 0 spiro atoms. The van der Waals surface area contributed by atoms with E-state index in [1.165, 1.54) is 4.90 Å². The van der Waals surface area contributed by atoms with Crippen molar-refractivity contribution in [2.45, 2.75) is 44.6 Å².